The van der Waals surface area contributed by atoms with Crippen molar-refractivity contribution in [3.05, 3.63) is 72.3 Å². The smallest absolute Gasteiger partial charge is 0.261 e. The Morgan fingerprint density at radius 1 is 1.03 bits per heavy atom. The van der Waals surface area contributed by atoms with E-state index < -0.39 is 14.1 Å². The number of benzene rings is 2. The first kappa shape index (κ1) is 22.9. The highest BCUT2D eigenvalue weighted by Gasteiger charge is 2.50. The Bertz CT molecular complexity index is 801. The molecule has 1 aliphatic heterocycles. The van der Waals surface area contributed by atoms with Crippen LogP contribution in [-0.4, -0.2) is 45.1 Å². The highest BCUT2D eigenvalue weighted by Crippen LogP contribution is 2.37. The molecule has 3 rings (SSSR count). The second-order valence-electron chi connectivity index (χ2n) is 9.23. The molecule has 1 atom stereocenters. The van der Waals surface area contributed by atoms with E-state index in [4.69, 9.17) is 13.9 Å². The highest BCUT2D eigenvalue weighted by molar-refractivity contribution is 6.99. The molecule has 0 aromatic heterocycles. The number of ether oxygens (including phenoxy) is 2. The van der Waals surface area contributed by atoms with E-state index in [2.05, 4.69) is 69.3 Å². The van der Waals surface area contributed by atoms with Gasteiger partial charge in [0.1, 0.15) is 6.10 Å². The summed E-state index contributed by atoms with van der Waals surface area (Å²) in [5.41, 5.74) is 0.926. The van der Waals surface area contributed by atoms with E-state index in [1.54, 1.807) is 6.08 Å². The maximum atomic E-state index is 9.46. The summed E-state index contributed by atoms with van der Waals surface area (Å²) in [6.07, 6.45) is 1.51. The van der Waals surface area contributed by atoms with Crippen LogP contribution in [0, 0.1) is 0 Å². The first-order chi connectivity index (χ1) is 14.2. The molecular formula is C25H34O4Si. The molecule has 30 heavy (non-hydrogen) atoms. The SMILES string of the molecule is CC1(C)OC/C(=C\CO)[C@H](CO[Si](c2ccccc2)(c2ccccc2)C(C)(C)C)O1. The predicted molar refractivity (Wildman–Crippen MR) is 124 cm³/mol. The fourth-order valence-corrected chi connectivity index (χ4v) is 8.77. The highest BCUT2D eigenvalue weighted by atomic mass is 28.4. The summed E-state index contributed by atoms with van der Waals surface area (Å²) in [5.74, 6) is -0.688. The Hall–Kier alpha value is -1.76. The molecule has 1 heterocycles. The maximum Gasteiger partial charge on any atom is 0.261 e. The zero-order valence-corrected chi connectivity index (χ0v) is 19.7. The Labute approximate surface area is 181 Å². The van der Waals surface area contributed by atoms with Crippen molar-refractivity contribution >= 4 is 18.7 Å². The Kier molecular flexibility index (Phi) is 7.00. The van der Waals surface area contributed by atoms with Gasteiger partial charge in [0.05, 0.1) is 19.8 Å². The number of hydrogen-bond donors (Lipinski definition) is 1. The summed E-state index contributed by atoms with van der Waals surface area (Å²) in [5, 5.41) is 11.8. The number of aliphatic hydroxyl groups is 1. The van der Waals surface area contributed by atoms with Crippen LogP contribution in [0.3, 0.4) is 0 Å². The van der Waals surface area contributed by atoms with E-state index in [0.717, 1.165) is 5.57 Å². The summed E-state index contributed by atoms with van der Waals surface area (Å²) < 4.78 is 19.0. The minimum atomic E-state index is -2.64. The van der Waals surface area contributed by atoms with Crippen LogP contribution in [0.2, 0.25) is 5.04 Å². The molecule has 0 spiro atoms. The number of hydrogen-bond acceptors (Lipinski definition) is 4. The van der Waals surface area contributed by atoms with Crippen molar-refractivity contribution in [3.8, 4) is 0 Å². The van der Waals surface area contributed by atoms with Crippen LogP contribution in [0.1, 0.15) is 34.6 Å². The van der Waals surface area contributed by atoms with Crippen LogP contribution >= 0.6 is 0 Å². The topological polar surface area (TPSA) is 47.9 Å². The Balaban J connectivity index is 2.04. The molecule has 0 saturated carbocycles. The lowest BCUT2D eigenvalue weighted by Crippen LogP contribution is -2.67. The summed E-state index contributed by atoms with van der Waals surface area (Å²) in [4.78, 5) is 0. The standard InChI is InChI=1S/C25H34O4Si/c1-24(2,3)30(21-12-8-6-9-13-21,22-14-10-7-11-15-22)28-19-23-20(16-17-26)18-27-25(4,5)29-23/h6-16,23,26H,17-19H2,1-5H3/b20-16+/t23-/m0/s1. The minimum Gasteiger partial charge on any atom is -0.404 e. The molecule has 2 aromatic rings. The van der Waals surface area contributed by atoms with Crippen LogP contribution in [-0.2, 0) is 13.9 Å². The quantitative estimate of drug-likeness (QED) is 0.566. The van der Waals surface area contributed by atoms with Crippen LogP contribution < -0.4 is 10.4 Å². The van der Waals surface area contributed by atoms with Crippen LogP contribution in [0.15, 0.2) is 72.3 Å². The summed E-state index contributed by atoms with van der Waals surface area (Å²) in [6.45, 7) is 11.4. The third-order valence-corrected chi connectivity index (χ3v) is 10.7. The van der Waals surface area contributed by atoms with Gasteiger partial charge in [0.15, 0.2) is 5.79 Å². The Morgan fingerprint density at radius 3 is 2.03 bits per heavy atom. The molecule has 1 fully saturated rings. The average Bonchev–Trinajstić information content (AvgIpc) is 2.71. The van der Waals surface area contributed by atoms with Gasteiger partial charge < -0.3 is 19.0 Å². The summed E-state index contributed by atoms with van der Waals surface area (Å²) in [7, 11) is -2.64. The summed E-state index contributed by atoms with van der Waals surface area (Å²) in [6, 6.07) is 21.2. The zero-order chi connectivity index (χ0) is 21.8. The van der Waals surface area contributed by atoms with E-state index in [9.17, 15) is 5.11 Å². The van der Waals surface area contributed by atoms with E-state index in [1.807, 2.05) is 26.0 Å². The van der Waals surface area contributed by atoms with Gasteiger partial charge in [-0.1, -0.05) is 87.5 Å². The monoisotopic (exact) mass is 426 g/mol. The van der Waals surface area contributed by atoms with Gasteiger partial charge in [-0.2, -0.15) is 0 Å². The molecule has 0 unspecified atom stereocenters. The Morgan fingerprint density at radius 2 is 1.57 bits per heavy atom. The predicted octanol–water partition coefficient (Wildman–Crippen LogP) is 3.63. The second kappa shape index (κ2) is 9.16. The van der Waals surface area contributed by atoms with Crippen LogP contribution in [0.5, 0.6) is 0 Å². The number of rotatable bonds is 6. The average molecular weight is 427 g/mol. The second-order valence-corrected chi connectivity index (χ2v) is 13.5. The molecular weight excluding hydrogens is 392 g/mol. The maximum absolute atomic E-state index is 9.46. The molecule has 0 amide bonds. The molecule has 1 N–H and O–H groups in total. The summed E-state index contributed by atoms with van der Waals surface area (Å²) >= 11 is 0. The molecule has 0 radical (unpaired) electrons. The van der Waals surface area contributed by atoms with Crippen molar-refractivity contribution in [1.29, 1.82) is 0 Å². The molecule has 1 saturated heterocycles. The lowest BCUT2D eigenvalue weighted by atomic mass is 10.1. The van der Waals surface area contributed by atoms with E-state index >= 15 is 0 Å². The van der Waals surface area contributed by atoms with Gasteiger partial charge in [0.2, 0.25) is 0 Å². The lowest BCUT2D eigenvalue weighted by molar-refractivity contribution is -0.256. The van der Waals surface area contributed by atoms with Gasteiger partial charge in [-0.3, -0.25) is 0 Å². The first-order valence-corrected chi connectivity index (χ1v) is 12.5. The van der Waals surface area contributed by atoms with Gasteiger partial charge >= 0.3 is 0 Å². The molecule has 5 heteroatoms. The lowest BCUT2D eigenvalue weighted by Gasteiger charge is -2.45. The molecule has 4 nitrogen and oxygen atoms in total. The normalized spacial score (nSPS) is 21.0. The van der Waals surface area contributed by atoms with Crippen molar-refractivity contribution < 1.29 is 19.0 Å². The zero-order valence-electron chi connectivity index (χ0n) is 18.7. The molecule has 0 aliphatic carbocycles. The van der Waals surface area contributed by atoms with Gasteiger partial charge in [0, 0.05) is 0 Å². The molecule has 2 aromatic carbocycles. The van der Waals surface area contributed by atoms with Gasteiger partial charge in [-0.25, -0.2) is 0 Å². The fourth-order valence-electron chi connectivity index (χ4n) is 4.21. The largest absolute Gasteiger partial charge is 0.404 e. The van der Waals surface area contributed by atoms with Crippen LogP contribution in [0.25, 0.3) is 0 Å². The van der Waals surface area contributed by atoms with E-state index in [-0.39, 0.29) is 17.7 Å². The van der Waals surface area contributed by atoms with Gasteiger partial charge in [-0.15, -0.1) is 0 Å². The third kappa shape index (κ3) is 4.76. The molecule has 1 aliphatic rings. The fraction of sp³-hybridized carbons (Fsp3) is 0.440. The van der Waals surface area contributed by atoms with Crippen molar-refractivity contribution in [1.82, 2.24) is 0 Å². The first-order valence-electron chi connectivity index (χ1n) is 10.6. The van der Waals surface area contributed by atoms with E-state index in [1.165, 1.54) is 10.4 Å². The third-order valence-electron chi connectivity index (χ3n) is 5.65. The molecule has 162 valence electrons. The van der Waals surface area contributed by atoms with Crippen molar-refractivity contribution in [2.45, 2.75) is 51.5 Å². The van der Waals surface area contributed by atoms with Gasteiger partial charge in [-0.05, 0) is 34.8 Å². The van der Waals surface area contributed by atoms with Crippen LogP contribution in [0.4, 0.5) is 0 Å². The van der Waals surface area contributed by atoms with E-state index in [0.29, 0.717) is 13.2 Å². The molecule has 0 bridgehead atoms. The van der Waals surface area contributed by atoms with Crippen molar-refractivity contribution in [2.24, 2.45) is 0 Å². The minimum absolute atomic E-state index is 0.0435. The van der Waals surface area contributed by atoms with Crippen molar-refractivity contribution in [3.63, 3.8) is 0 Å². The van der Waals surface area contributed by atoms with Gasteiger partial charge in [0.25, 0.3) is 8.32 Å². The van der Waals surface area contributed by atoms with Crippen molar-refractivity contribution in [2.75, 3.05) is 19.8 Å². The number of aliphatic hydroxyl groups excluding tert-OH is 1.